The highest BCUT2D eigenvalue weighted by molar-refractivity contribution is 7.92. The zero-order valence-corrected chi connectivity index (χ0v) is 25.3. The Balaban J connectivity index is 1.67. The summed E-state index contributed by atoms with van der Waals surface area (Å²) in [7, 11) is -4.08. The number of hydrogen-bond acceptors (Lipinski definition) is 4. The minimum absolute atomic E-state index is 0.109. The summed E-state index contributed by atoms with van der Waals surface area (Å²) in [4.78, 5) is 29.0. The molecule has 0 spiro atoms. The van der Waals surface area contributed by atoms with Crippen LogP contribution in [0.25, 0.3) is 0 Å². The van der Waals surface area contributed by atoms with E-state index in [-0.39, 0.29) is 23.4 Å². The summed E-state index contributed by atoms with van der Waals surface area (Å²) in [5.41, 5.74) is 4.17. The summed E-state index contributed by atoms with van der Waals surface area (Å²) < 4.78 is 29.2. The molecule has 1 saturated carbocycles. The molecule has 1 fully saturated rings. The monoisotopic (exact) mass is 575 g/mol. The van der Waals surface area contributed by atoms with Gasteiger partial charge in [-0.05, 0) is 87.9 Å². The number of hydrogen-bond donors (Lipinski definition) is 1. The molecule has 41 heavy (non-hydrogen) atoms. The van der Waals surface area contributed by atoms with Crippen molar-refractivity contribution in [2.75, 3.05) is 17.4 Å². The van der Waals surface area contributed by atoms with Crippen molar-refractivity contribution in [1.82, 2.24) is 10.2 Å². The molecule has 0 aliphatic heterocycles. The molecule has 0 unspecified atom stereocenters. The molecule has 0 radical (unpaired) electrons. The number of sulfonamides is 1. The summed E-state index contributed by atoms with van der Waals surface area (Å²) >= 11 is 0. The number of amides is 2. The van der Waals surface area contributed by atoms with E-state index in [0.29, 0.717) is 12.1 Å². The van der Waals surface area contributed by atoms with Gasteiger partial charge in [-0.15, -0.1) is 0 Å². The van der Waals surface area contributed by atoms with Crippen LogP contribution in [0.3, 0.4) is 0 Å². The molecule has 1 aliphatic carbocycles. The van der Waals surface area contributed by atoms with Gasteiger partial charge >= 0.3 is 0 Å². The van der Waals surface area contributed by atoms with Gasteiger partial charge < -0.3 is 10.2 Å². The molecule has 2 amide bonds. The quantitative estimate of drug-likeness (QED) is 0.335. The van der Waals surface area contributed by atoms with E-state index < -0.39 is 28.5 Å². The Morgan fingerprint density at radius 3 is 2.10 bits per heavy atom. The average Bonchev–Trinajstić information content (AvgIpc) is 3.45. The van der Waals surface area contributed by atoms with Gasteiger partial charge in [-0.3, -0.25) is 13.9 Å². The number of nitrogens with zero attached hydrogens (tertiary/aromatic N) is 2. The number of benzene rings is 3. The number of carbonyl (C=O) groups is 2. The topological polar surface area (TPSA) is 86.8 Å². The van der Waals surface area contributed by atoms with Gasteiger partial charge in [0, 0.05) is 12.6 Å². The molecule has 3 aromatic rings. The highest BCUT2D eigenvalue weighted by Crippen LogP contribution is 2.27. The van der Waals surface area contributed by atoms with Crippen molar-refractivity contribution in [2.24, 2.45) is 0 Å². The van der Waals surface area contributed by atoms with Gasteiger partial charge in [0.05, 0.1) is 10.6 Å². The van der Waals surface area contributed by atoms with E-state index in [1.807, 2.05) is 57.2 Å². The molecule has 0 heterocycles. The second-order valence-corrected chi connectivity index (χ2v) is 13.0. The van der Waals surface area contributed by atoms with Gasteiger partial charge in [0.1, 0.15) is 12.6 Å². The fourth-order valence-electron chi connectivity index (χ4n) is 5.42. The van der Waals surface area contributed by atoms with E-state index in [0.717, 1.165) is 47.9 Å². The summed E-state index contributed by atoms with van der Waals surface area (Å²) in [6.07, 6.45) is 4.58. The lowest BCUT2D eigenvalue weighted by Crippen LogP contribution is -2.53. The van der Waals surface area contributed by atoms with E-state index in [9.17, 15) is 18.0 Å². The summed E-state index contributed by atoms with van der Waals surface area (Å²) in [5.74, 6) is -0.637. The third-order valence-corrected chi connectivity index (χ3v) is 9.52. The van der Waals surface area contributed by atoms with Crippen LogP contribution in [0.4, 0.5) is 5.69 Å². The maximum Gasteiger partial charge on any atom is 0.264 e. The first-order chi connectivity index (χ1) is 19.5. The van der Waals surface area contributed by atoms with E-state index in [2.05, 4.69) is 5.32 Å². The molecule has 218 valence electrons. The van der Waals surface area contributed by atoms with Gasteiger partial charge in [-0.2, -0.15) is 0 Å². The molecule has 4 rings (SSSR count). The molecule has 1 atom stereocenters. The first kappa shape index (κ1) is 30.3. The molecule has 8 heteroatoms. The molecule has 1 aliphatic rings. The molecule has 7 nitrogen and oxygen atoms in total. The van der Waals surface area contributed by atoms with Gasteiger partial charge in [-0.1, -0.05) is 66.9 Å². The Hall–Kier alpha value is -3.65. The lowest BCUT2D eigenvalue weighted by atomic mass is 10.1. The zero-order chi connectivity index (χ0) is 29.6. The SMILES string of the molecule is Cc1ccc(S(=O)(=O)N(CC(=O)N(CCc2ccccc2)[C@H](C)C(=O)NC2CCCC2)c2cc(C)cc(C)c2)cc1. The van der Waals surface area contributed by atoms with Crippen LogP contribution in [0.1, 0.15) is 54.9 Å². The van der Waals surface area contributed by atoms with E-state index in [1.54, 1.807) is 43.3 Å². The Morgan fingerprint density at radius 1 is 0.878 bits per heavy atom. The van der Waals surface area contributed by atoms with Crippen LogP contribution in [0.5, 0.6) is 0 Å². The number of aryl methyl sites for hydroxylation is 3. The minimum atomic E-state index is -4.08. The Kier molecular flexibility index (Phi) is 9.86. The van der Waals surface area contributed by atoms with Gasteiger partial charge in [0.2, 0.25) is 11.8 Å². The van der Waals surface area contributed by atoms with E-state index >= 15 is 0 Å². The predicted octanol–water partition coefficient (Wildman–Crippen LogP) is 5.33. The summed E-state index contributed by atoms with van der Waals surface area (Å²) in [5, 5.41) is 3.11. The maximum atomic E-state index is 14.1. The Labute approximate surface area is 244 Å². The van der Waals surface area contributed by atoms with Crippen LogP contribution >= 0.6 is 0 Å². The minimum Gasteiger partial charge on any atom is -0.352 e. The van der Waals surface area contributed by atoms with Gasteiger partial charge in [-0.25, -0.2) is 8.42 Å². The second kappa shape index (κ2) is 13.3. The number of nitrogens with one attached hydrogen (secondary N) is 1. The lowest BCUT2D eigenvalue weighted by molar-refractivity contribution is -0.139. The van der Waals surface area contributed by atoms with Crippen molar-refractivity contribution in [3.05, 3.63) is 95.1 Å². The molecule has 0 aromatic heterocycles. The normalized spacial score (nSPS) is 14.4. The van der Waals surface area contributed by atoms with Crippen molar-refractivity contribution in [2.45, 2.75) is 76.8 Å². The van der Waals surface area contributed by atoms with Crippen LogP contribution in [-0.4, -0.2) is 50.3 Å². The first-order valence-corrected chi connectivity index (χ1v) is 15.8. The fourth-order valence-corrected chi connectivity index (χ4v) is 6.82. The van der Waals surface area contributed by atoms with Gasteiger partial charge in [0.15, 0.2) is 0 Å². The second-order valence-electron chi connectivity index (χ2n) is 11.2. The molecule has 0 bridgehead atoms. The van der Waals surface area contributed by atoms with Crippen molar-refractivity contribution >= 4 is 27.5 Å². The third kappa shape index (κ3) is 7.76. The Morgan fingerprint density at radius 2 is 1.49 bits per heavy atom. The fraction of sp³-hybridized carbons (Fsp3) is 0.394. The van der Waals surface area contributed by atoms with Crippen LogP contribution in [0, 0.1) is 20.8 Å². The smallest absolute Gasteiger partial charge is 0.264 e. The highest BCUT2D eigenvalue weighted by atomic mass is 32.2. The molecular formula is C33H41N3O4S. The van der Waals surface area contributed by atoms with Crippen molar-refractivity contribution < 1.29 is 18.0 Å². The van der Waals surface area contributed by atoms with Gasteiger partial charge in [0.25, 0.3) is 10.0 Å². The molecule has 0 saturated heterocycles. The maximum absolute atomic E-state index is 14.1. The predicted molar refractivity (Wildman–Crippen MR) is 163 cm³/mol. The van der Waals surface area contributed by atoms with E-state index in [4.69, 9.17) is 0 Å². The molecule has 1 N–H and O–H groups in total. The Bertz CT molecular complexity index is 1430. The van der Waals surface area contributed by atoms with Crippen LogP contribution in [-0.2, 0) is 26.0 Å². The zero-order valence-electron chi connectivity index (χ0n) is 24.5. The van der Waals surface area contributed by atoms with E-state index in [1.165, 1.54) is 9.21 Å². The number of anilines is 1. The highest BCUT2D eigenvalue weighted by Gasteiger charge is 2.33. The van der Waals surface area contributed by atoms with Crippen molar-refractivity contribution in [3.63, 3.8) is 0 Å². The van der Waals surface area contributed by atoms with Crippen LogP contribution < -0.4 is 9.62 Å². The number of rotatable bonds is 11. The number of carbonyl (C=O) groups excluding carboxylic acids is 2. The third-order valence-electron chi connectivity index (χ3n) is 7.74. The first-order valence-electron chi connectivity index (χ1n) is 14.4. The van der Waals surface area contributed by atoms with Crippen LogP contribution in [0.15, 0.2) is 77.7 Å². The lowest BCUT2D eigenvalue weighted by Gasteiger charge is -2.32. The largest absolute Gasteiger partial charge is 0.352 e. The van der Waals surface area contributed by atoms with Crippen LogP contribution in [0.2, 0.25) is 0 Å². The van der Waals surface area contributed by atoms with Crippen molar-refractivity contribution in [1.29, 1.82) is 0 Å². The van der Waals surface area contributed by atoms with Crippen molar-refractivity contribution in [3.8, 4) is 0 Å². The molecular weight excluding hydrogens is 534 g/mol. The standard InChI is InChI=1S/C33H41N3O4S/c1-24-14-16-31(17-15-24)41(39,40)36(30-21-25(2)20-26(3)22-30)23-32(37)35(19-18-28-10-6-5-7-11-28)27(4)33(38)34-29-12-8-9-13-29/h5-7,10-11,14-17,20-22,27,29H,8-9,12-13,18-19,23H2,1-4H3,(H,34,38)/t27-/m1/s1. The average molecular weight is 576 g/mol. The summed E-state index contributed by atoms with van der Waals surface area (Å²) in [6, 6.07) is 21.3. The summed E-state index contributed by atoms with van der Waals surface area (Å²) in [6.45, 7) is 7.28. The molecule has 3 aromatic carbocycles.